The lowest BCUT2D eigenvalue weighted by Crippen LogP contribution is -2.18. The smallest absolute Gasteiger partial charge is 0.349 e. The molecule has 0 amide bonds. The van der Waals surface area contributed by atoms with E-state index in [9.17, 15) is 4.79 Å². The number of rotatable bonds is 7. The van der Waals surface area contributed by atoms with E-state index in [0.29, 0.717) is 27.3 Å². The highest BCUT2D eigenvalue weighted by molar-refractivity contribution is 6.34. The lowest BCUT2D eigenvalue weighted by Gasteiger charge is -2.11. The number of carbonyl (C=O) groups excluding carboxylic acids is 1. The second kappa shape index (κ2) is 10.0. The minimum Gasteiger partial charge on any atom is -0.493 e. The molecule has 0 aromatic heterocycles. The summed E-state index contributed by atoms with van der Waals surface area (Å²) < 4.78 is 16.1. The Bertz CT molecular complexity index is 1020. The monoisotopic (exact) mass is 428 g/mol. The summed E-state index contributed by atoms with van der Waals surface area (Å²) in [5.74, 6) is 0.459. The second-order valence-corrected chi connectivity index (χ2v) is 6.84. The highest BCUT2D eigenvalue weighted by atomic mass is 35.5. The third-order valence-electron chi connectivity index (χ3n) is 3.92. The van der Waals surface area contributed by atoms with Crippen LogP contribution in [-0.2, 0) is 4.79 Å². The van der Waals surface area contributed by atoms with Gasteiger partial charge in [-0.1, -0.05) is 71.8 Å². The Labute approximate surface area is 179 Å². The Morgan fingerprint density at radius 2 is 1.62 bits per heavy atom. The minimum atomic E-state index is -0.591. The molecule has 0 radical (unpaired) electrons. The lowest BCUT2D eigenvalue weighted by atomic mass is 10.1. The number of halogens is 2. The van der Waals surface area contributed by atoms with Crippen LogP contribution in [-0.4, -0.2) is 19.7 Å². The maximum Gasteiger partial charge on any atom is 0.349 e. The van der Waals surface area contributed by atoms with Crippen LogP contribution in [0.25, 0.3) is 12.2 Å². The van der Waals surface area contributed by atoms with Crippen LogP contribution in [0.5, 0.6) is 17.2 Å². The molecular weight excluding hydrogens is 411 g/mol. The summed E-state index contributed by atoms with van der Waals surface area (Å²) >= 11 is 11.9. The van der Waals surface area contributed by atoms with Crippen molar-refractivity contribution in [3.8, 4) is 17.2 Å². The molecule has 0 atom stereocenters. The summed E-state index contributed by atoms with van der Waals surface area (Å²) in [5, 5.41) is 0.813. The zero-order valence-corrected chi connectivity index (χ0v) is 17.1. The van der Waals surface area contributed by atoms with Crippen molar-refractivity contribution in [1.82, 2.24) is 0 Å². The maximum atomic E-state index is 12.2. The van der Waals surface area contributed by atoms with Crippen molar-refractivity contribution >= 4 is 41.3 Å². The van der Waals surface area contributed by atoms with Crippen molar-refractivity contribution in [3.63, 3.8) is 0 Å². The predicted octanol–water partition coefficient (Wildman–Crippen LogP) is 6.16. The van der Waals surface area contributed by atoms with E-state index in [-0.39, 0.29) is 6.61 Å². The van der Waals surface area contributed by atoms with Gasteiger partial charge in [-0.2, -0.15) is 0 Å². The topological polar surface area (TPSA) is 44.8 Å². The van der Waals surface area contributed by atoms with Gasteiger partial charge in [-0.15, -0.1) is 0 Å². The van der Waals surface area contributed by atoms with Gasteiger partial charge in [-0.3, -0.25) is 0 Å². The quantitative estimate of drug-likeness (QED) is 0.257. The fraction of sp³-hybridized carbons (Fsp3) is 0.0870. The van der Waals surface area contributed by atoms with E-state index in [1.807, 2.05) is 48.6 Å². The Kier molecular flexibility index (Phi) is 7.17. The normalized spacial score (nSPS) is 10.7. The maximum absolute atomic E-state index is 12.2. The average molecular weight is 429 g/mol. The van der Waals surface area contributed by atoms with Crippen molar-refractivity contribution in [2.24, 2.45) is 0 Å². The van der Waals surface area contributed by atoms with Gasteiger partial charge in [0.25, 0.3) is 0 Å². The molecule has 0 spiro atoms. The molecular formula is C23H18Cl2O4. The first kappa shape index (κ1) is 20.8. The Morgan fingerprint density at radius 1 is 0.862 bits per heavy atom. The van der Waals surface area contributed by atoms with Crippen molar-refractivity contribution < 1.29 is 19.0 Å². The second-order valence-electron chi connectivity index (χ2n) is 5.99. The summed E-state index contributed by atoms with van der Waals surface area (Å²) in [4.78, 5) is 12.2. The molecule has 3 aromatic carbocycles. The molecule has 148 valence electrons. The number of esters is 1. The van der Waals surface area contributed by atoms with Gasteiger partial charge in [-0.25, -0.2) is 4.79 Å². The largest absolute Gasteiger partial charge is 0.493 e. The highest BCUT2D eigenvalue weighted by Gasteiger charge is 2.12. The Morgan fingerprint density at radius 3 is 2.38 bits per heavy atom. The number of carbonyl (C=O) groups is 1. The van der Waals surface area contributed by atoms with Crippen LogP contribution < -0.4 is 14.2 Å². The molecule has 0 aliphatic heterocycles. The predicted molar refractivity (Wildman–Crippen MR) is 116 cm³/mol. The molecule has 0 saturated heterocycles. The van der Waals surface area contributed by atoms with E-state index in [4.69, 9.17) is 37.4 Å². The molecule has 0 aliphatic rings. The average Bonchev–Trinajstić information content (AvgIpc) is 2.74. The van der Waals surface area contributed by atoms with Gasteiger partial charge in [-0.05, 0) is 35.4 Å². The molecule has 0 N–H and O–H groups in total. The fourth-order valence-corrected chi connectivity index (χ4v) is 2.84. The summed E-state index contributed by atoms with van der Waals surface area (Å²) in [7, 11) is 1.51. The molecule has 3 aromatic rings. The number of methoxy groups -OCH3 is 1. The standard InChI is InChI=1S/C23H18Cl2O4/c1-27-22-13-17(8-7-16-5-3-2-4-6-16)9-12-20(22)29-23(26)15-28-21-14-18(24)10-11-19(21)25/h2-14H,15H2,1H3/b8-7+. The van der Waals surface area contributed by atoms with Crippen LogP contribution >= 0.6 is 23.2 Å². The summed E-state index contributed by atoms with van der Waals surface area (Å²) in [6.45, 7) is -0.321. The summed E-state index contributed by atoms with van der Waals surface area (Å²) in [5.41, 5.74) is 1.99. The molecule has 0 heterocycles. The molecule has 0 bridgehead atoms. The van der Waals surface area contributed by atoms with E-state index < -0.39 is 5.97 Å². The molecule has 4 nitrogen and oxygen atoms in total. The Hall–Kier alpha value is -2.95. The van der Waals surface area contributed by atoms with Crippen LogP contribution in [0.2, 0.25) is 10.0 Å². The van der Waals surface area contributed by atoms with Gasteiger partial charge in [0.15, 0.2) is 18.1 Å². The highest BCUT2D eigenvalue weighted by Crippen LogP contribution is 2.30. The van der Waals surface area contributed by atoms with E-state index in [2.05, 4.69) is 0 Å². The SMILES string of the molecule is COc1cc(/C=C/c2ccccc2)ccc1OC(=O)COc1cc(Cl)ccc1Cl. The summed E-state index contributed by atoms with van der Waals surface area (Å²) in [6.07, 6.45) is 3.94. The number of benzene rings is 3. The molecule has 3 rings (SSSR count). The molecule has 0 saturated carbocycles. The fourth-order valence-electron chi connectivity index (χ4n) is 2.51. The number of ether oxygens (including phenoxy) is 3. The van der Waals surface area contributed by atoms with Crippen molar-refractivity contribution in [2.75, 3.05) is 13.7 Å². The third-order valence-corrected chi connectivity index (χ3v) is 4.47. The zero-order chi connectivity index (χ0) is 20.6. The van der Waals surface area contributed by atoms with Crippen LogP contribution in [0.15, 0.2) is 66.7 Å². The molecule has 0 aliphatic carbocycles. The van der Waals surface area contributed by atoms with Gasteiger partial charge >= 0.3 is 5.97 Å². The van der Waals surface area contributed by atoms with Crippen molar-refractivity contribution in [3.05, 3.63) is 87.9 Å². The van der Waals surface area contributed by atoms with Gasteiger partial charge in [0.2, 0.25) is 0 Å². The molecule has 0 unspecified atom stereocenters. The molecule has 0 fully saturated rings. The zero-order valence-electron chi connectivity index (χ0n) is 15.6. The van der Waals surface area contributed by atoms with Crippen LogP contribution in [0.3, 0.4) is 0 Å². The van der Waals surface area contributed by atoms with Gasteiger partial charge in [0, 0.05) is 11.1 Å². The van der Waals surface area contributed by atoms with E-state index >= 15 is 0 Å². The lowest BCUT2D eigenvalue weighted by molar-refractivity contribution is -0.136. The van der Waals surface area contributed by atoms with Crippen LogP contribution in [0.4, 0.5) is 0 Å². The molecule has 29 heavy (non-hydrogen) atoms. The van der Waals surface area contributed by atoms with Crippen LogP contribution in [0.1, 0.15) is 11.1 Å². The first-order valence-electron chi connectivity index (χ1n) is 8.75. The van der Waals surface area contributed by atoms with Gasteiger partial charge in [0.05, 0.1) is 12.1 Å². The van der Waals surface area contributed by atoms with Gasteiger partial charge in [0.1, 0.15) is 5.75 Å². The number of hydrogen-bond donors (Lipinski definition) is 0. The number of hydrogen-bond acceptors (Lipinski definition) is 4. The van der Waals surface area contributed by atoms with Crippen molar-refractivity contribution in [2.45, 2.75) is 0 Å². The van der Waals surface area contributed by atoms with E-state index in [1.54, 1.807) is 24.3 Å². The third kappa shape index (κ3) is 6.01. The molecule has 6 heteroatoms. The first-order chi connectivity index (χ1) is 14.0. The minimum absolute atomic E-state index is 0.301. The first-order valence-corrected chi connectivity index (χ1v) is 9.50. The van der Waals surface area contributed by atoms with Crippen molar-refractivity contribution in [1.29, 1.82) is 0 Å². The summed E-state index contributed by atoms with van der Waals surface area (Å²) in [6, 6.07) is 20.0. The Balaban J connectivity index is 1.64. The van der Waals surface area contributed by atoms with E-state index in [1.165, 1.54) is 13.2 Å². The van der Waals surface area contributed by atoms with Crippen LogP contribution in [0, 0.1) is 0 Å². The van der Waals surface area contributed by atoms with E-state index in [0.717, 1.165) is 11.1 Å². The van der Waals surface area contributed by atoms with Gasteiger partial charge < -0.3 is 14.2 Å².